The molecule has 90 valence electrons. The lowest BCUT2D eigenvalue weighted by atomic mass is 10.0. The van der Waals surface area contributed by atoms with E-state index in [4.69, 9.17) is 0 Å². The molecule has 2 aromatic carbocycles. The van der Waals surface area contributed by atoms with E-state index in [1.54, 1.807) is 0 Å². The van der Waals surface area contributed by atoms with Crippen LogP contribution in [0.2, 0.25) is 0 Å². The zero-order valence-corrected chi connectivity index (χ0v) is 10.4. The molecule has 0 aliphatic heterocycles. The Bertz CT molecular complexity index is 561. The van der Waals surface area contributed by atoms with Crippen LogP contribution in [0.5, 0.6) is 0 Å². The van der Waals surface area contributed by atoms with Crippen molar-refractivity contribution in [2.75, 3.05) is 0 Å². The van der Waals surface area contributed by atoms with Gasteiger partial charge in [0.05, 0.1) is 6.10 Å². The molecule has 1 N–H and O–H groups in total. The highest BCUT2D eigenvalue weighted by molar-refractivity contribution is 5.47. The molecule has 1 nitrogen and oxygen atoms in total. The van der Waals surface area contributed by atoms with Gasteiger partial charge >= 0.3 is 0 Å². The third kappa shape index (κ3) is 3.00. The van der Waals surface area contributed by atoms with Gasteiger partial charge in [0.25, 0.3) is 0 Å². The number of hydrogen-bond donors (Lipinski definition) is 1. The second kappa shape index (κ2) is 6.05. The molecule has 0 radical (unpaired) electrons. The molecule has 0 amide bonds. The fraction of sp³-hybridized carbons (Fsp3) is 0.176. The average Bonchev–Trinajstić information content (AvgIpc) is 2.45. The van der Waals surface area contributed by atoms with Gasteiger partial charge in [0.15, 0.2) is 0 Å². The zero-order valence-electron chi connectivity index (χ0n) is 10.4. The van der Waals surface area contributed by atoms with E-state index < -0.39 is 6.10 Å². The number of aliphatic hydroxyl groups excluding tert-OH is 1. The molecule has 0 spiro atoms. The van der Waals surface area contributed by atoms with Crippen LogP contribution in [0.3, 0.4) is 0 Å². The predicted molar refractivity (Wildman–Crippen MR) is 74.1 cm³/mol. The Hall–Kier alpha value is -2.04. The van der Waals surface area contributed by atoms with Crippen LogP contribution in [0.1, 0.15) is 36.1 Å². The summed E-state index contributed by atoms with van der Waals surface area (Å²) in [5.74, 6) is 6.25. The van der Waals surface area contributed by atoms with Crippen LogP contribution in [0, 0.1) is 11.8 Å². The third-order valence-electron chi connectivity index (χ3n) is 2.82. The lowest BCUT2D eigenvalue weighted by Crippen LogP contribution is -1.98. The fourth-order valence-corrected chi connectivity index (χ4v) is 1.78. The minimum absolute atomic E-state index is 0.439. The van der Waals surface area contributed by atoms with Crippen LogP contribution in [0.25, 0.3) is 0 Å². The first-order valence-corrected chi connectivity index (χ1v) is 6.15. The van der Waals surface area contributed by atoms with Crippen LogP contribution in [-0.4, -0.2) is 5.11 Å². The normalized spacial score (nSPS) is 11.4. The summed E-state index contributed by atoms with van der Waals surface area (Å²) in [4.78, 5) is 0. The number of rotatable bonds is 2. The highest BCUT2D eigenvalue weighted by atomic mass is 16.3. The van der Waals surface area contributed by atoms with E-state index in [2.05, 4.69) is 11.8 Å². The third-order valence-corrected chi connectivity index (χ3v) is 2.82. The van der Waals surface area contributed by atoms with Crippen molar-refractivity contribution in [3.8, 4) is 11.8 Å². The Morgan fingerprint density at radius 1 is 0.944 bits per heavy atom. The average molecular weight is 236 g/mol. The predicted octanol–water partition coefficient (Wildman–Crippen LogP) is 3.53. The van der Waals surface area contributed by atoms with Crippen molar-refractivity contribution < 1.29 is 5.11 Å². The first-order chi connectivity index (χ1) is 8.81. The van der Waals surface area contributed by atoms with Crippen molar-refractivity contribution in [1.29, 1.82) is 0 Å². The molecule has 1 heteroatoms. The number of benzene rings is 2. The van der Waals surface area contributed by atoms with Gasteiger partial charge in [0, 0.05) is 11.1 Å². The summed E-state index contributed by atoms with van der Waals surface area (Å²) in [7, 11) is 0. The van der Waals surface area contributed by atoms with Gasteiger partial charge in [-0.05, 0) is 30.2 Å². The van der Waals surface area contributed by atoms with E-state index in [1.807, 2.05) is 61.5 Å². The molecule has 0 bridgehead atoms. The zero-order chi connectivity index (χ0) is 12.8. The molecule has 1 unspecified atom stereocenters. The van der Waals surface area contributed by atoms with Crippen molar-refractivity contribution in [2.24, 2.45) is 0 Å². The van der Waals surface area contributed by atoms with Crippen LogP contribution >= 0.6 is 0 Å². The second-order valence-electron chi connectivity index (χ2n) is 4.13. The Labute approximate surface area is 108 Å². The molecule has 2 rings (SSSR count). The molecule has 0 aromatic heterocycles. The van der Waals surface area contributed by atoms with E-state index in [-0.39, 0.29) is 0 Å². The minimum Gasteiger partial charge on any atom is -0.388 e. The van der Waals surface area contributed by atoms with E-state index >= 15 is 0 Å². The standard InChI is InChI=1S/C17H16O/c1-2-17(18)16-11-7-6-10-15(16)13-12-14-8-4-3-5-9-14/h3-11,17-18H,2H2,1H3. The van der Waals surface area contributed by atoms with Crippen molar-refractivity contribution in [3.05, 3.63) is 71.3 Å². The smallest absolute Gasteiger partial charge is 0.0799 e. The highest BCUT2D eigenvalue weighted by Crippen LogP contribution is 2.19. The second-order valence-corrected chi connectivity index (χ2v) is 4.13. The van der Waals surface area contributed by atoms with Gasteiger partial charge in [-0.1, -0.05) is 55.2 Å². The van der Waals surface area contributed by atoms with Crippen molar-refractivity contribution in [1.82, 2.24) is 0 Å². The molecule has 18 heavy (non-hydrogen) atoms. The maximum atomic E-state index is 9.94. The molecule has 0 fully saturated rings. The van der Waals surface area contributed by atoms with Crippen LogP contribution in [0.4, 0.5) is 0 Å². The maximum absolute atomic E-state index is 9.94. The van der Waals surface area contributed by atoms with Gasteiger partial charge < -0.3 is 5.11 Å². The van der Waals surface area contributed by atoms with Gasteiger partial charge in [0.1, 0.15) is 0 Å². The lowest BCUT2D eigenvalue weighted by Gasteiger charge is -2.09. The summed E-state index contributed by atoms with van der Waals surface area (Å²) >= 11 is 0. The maximum Gasteiger partial charge on any atom is 0.0799 e. The van der Waals surface area contributed by atoms with E-state index in [0.717, 1.165) is 16.7 Å². The molecule has 0 saturated carbocycles. The minimum atomic E-state index is -0.439. The van der Waals surface area contributed by atoms with Gasteiger partial charge in [-0.25, -0.2) is 0 Å². The lowest BCUT2D eigenvalue weighted by molar-refractivity contribution is 0.173. The molecule has 0 heterocycles. The molecular formula is C17H16O. The molecule has 0 aliphatic carbocycles. The van der Waals surface area contributed by atoms with Gasteiger partial charge in [0.2, 0.25) is 0 Å². The van der Waals surface area contributed by atoms with Gasteiger partial charge in [-0.15, -0.1) is 0 Å². The largest absolute Gasteiger partial charge is 0.388 e. The number of aliphatic hydroxyl groups is 1. The summed E-state index contributed by atoms with van der Waals surface area (Å²) in [6.45, 7) is 1.96. The first-order valence-electron chi connectivity index (χ1n) is 6.15. The van der Waals surface area contributed by atoms with E-state index in [1.165, 1.54) is 0 Å². The Balaban J connectivity index is 2.33. The monoisotopic (exact) mass is 236 g/mol. The summed E-state index contributed by atoms with van der Waals surface area (Å²) in [5.41, 5.74) is 2.79. The van der Waals surface area contributed by atoms with Gasteiger partial charge in [-0.3, -0.25) is 0 Å². The Morgan fingerprint density at radius 3 is 2.33 bits per heavy atom. The van der Waals surface area contributed by atoms with Crippen LogP contribution in [-0.2, 0) is 0 Å². The Kier molecular flexibility index (Phi) is 4.17. The quantitative estimate of drug-likeness (QED) is 0.791. The topological polar surface area (TPSA) is 20.2 Å². The van der Waals surface area contributed by atoms with Gasteiger partial charge in [-0.2, -0.15) is 0 Å². The molecule has 1 atom stereocenters. The Morgan fingerprint density at radius 2 is 1.61 bits per heavy atom. The molecular weight excluding hydrogens is 220 g/mol. The van der Waals surface area contributed by atoms with Crippen molar-refractivity contribution in [2.45, 2.75) is 19.4 Å². The number of hydrogen-bond acceptors (Lipinski definition) is 1. The van der Waals surface area contributed by atoms with Crippen LogP contribution in [0.15, 0.2) is 54.6 Å². The van der Waals surface area contributed by atoms with Crippen molar-refractivity contribution in [3.63, 3.8) is 0 Å². The van der Waals surface area contributed by atoms with Crippen LogP contribution < -0.4 is 0 Å². The first kappa shape index (κ1) is 12.4. The molecule has 2 aromatic rings. The summed E-state index contributed by atoms with van der Waals surface area (Å²) in [6.07, 6.45) is 0.260. The summed E-state index contributed by atoms with van der Waals surface area (Å²) in [5, 5.41) is 9.94. The van der Waals surface area contributed by atoms with Crippen molar-refractivity contribution >= 4 is 0 Å². The SMILES string of the molecule is CCC(O)c1ccccc1C#Cc1ccccc1. The van der Waals surface area contributed by atoms with E-state index in [0.29, 0.717) is 6.42 Å². The van der Waals surface area contributed by atoms with E-state index in [9.17, 15) is 5.11 Å². The molecule has 0 saturated heterocycles. The summed E-state index contributed by atoms with van der Waals surface area (Å²) < 4.78 is 0. The highest BCUT2D eigenvalue weighted by Gasteiger charge is 2.07. The fourth-order valence-electron chi connectivity index (χ4n) is 1.78. The summed E-state index contributed by atoms with van der Waals surface area (Å²) in [6, 6.07) is 17.6. The molecule has 0 aliphatic rings.